The Kier molecular flexibility index (Phi) is 5.19. The SMILES string of the molecule is CC(=O)Nc1ccc(OCC(O)CN2CCc3c(F)cccc32)cc1. The molecule has 1 atom stereocenters. The third-order valence-electron chi connectivity index (χ3n) is 4.11. The molecule has 3 rings (SSSR count). The van der Waals surface area contributed by atoms with Crippen LogP contribution >= 0.6 is 0 Å². The number of fused-ring (bicyclic) bond motifs is 1. The lowest BCUT2D eigenvalue weighted by molar-refractivity contribution is -0.114. The van der Waals surface area contributed by atoms with Crippen LogP contribution in [0.5, 0.6) is 5.75 Å². The number of aliphatic hydroxyl groups excluding tert-OH is 1. The summed E-state index contributed by atoms with van der Waals surface area (Å²) in [6.45, 7) is 2.67. The van der Waals surface area contributed by atoms with Gasteiger partial charge in [-0.2, -0.15) is 0 Å². The third-order valence-corrected chi connectivity index (χ3v) is 4.11. The van der Waals surface area contributed by atoms with E-state index in [4.69, 9.17) is 4.74 Å². The van der Waals surface area contributed by atoms with Crippen LogP contribution in [0.25, 0.3) is 0 Å². The number of benzene rings is 2. The smallest absolute Gasteiger partial charge is 0.221 e. The highest BCUT2D eigenvalue weighted by Gasteiger charge is 2.23. The van der Waals surface area contributed by atoms with Crippen molar-refractivity contribution in [2.24, 2.45) is 0 Å². The molecule has 0 radical (unpaired) electrons. The van der Waals surface area contributed by atoms with Crippen LogP contribution in [0.15, 0.2) is 42.5 Å². The summed E-state index contributed by atoms with van der Waals surface area (Å²) in [5.74, 6) is 0.289. The van der Waals surface area contributed by atoms with Gasteiger partial charge in [-0.15, -0.1) is 0 Å². The molecule has 0 saturated carbocycles. The molecule has 6 heteroatoms. The Morgan fingerprint density at radius 3 is 2.80 bits per heavy atom. The van der Waals surface area contributed by atoms with Crippen LogP contribution in [0, 0.1) is 5.82 Å². The summed E-state index contributed by atoms with van der Waals surface area (Å²) >= 11 is 0. The van der Waals surface area contributed by atoms with Gasteiger partial charge in [-0.1, -0.05) is 6.07 Å². The van der Waals surface area contributed by atoms with Crippen molar-refractivity contribution in [2.45, 2.75) is 19.4 Å². The van der Waals surface area contributed by atoms with E-state index in [1.165, 1.54) is 13.0 Å². The summed E-state index contributed by atoms with van der Waals surface area (Å²) in [6, 6.07) is 12.0. The van der Waals surface area contributed by atoms with Crippen LogP contribution in [0.1, 0.15) is 12.5 Å². The molecular formula is C19H21FN2O3. The first-order valence-electron chi connectivity index (χ1n) is 8.24. The predicted octanol–water partition coefficient (Wildman–Crippen LogP) is 2.59. The minimum absolute atomic E-state index is 0.133. The third kappa shape index (κ3) is 4.28. The van der Waals surface area contributed by atoms with Crippen molar-refractivity contribution in [3.05, 3.63) is 53.8 Å². The number of nitrogens with one attached hydrogen (secondary N) is 1. The first-order valence-corrected chi connectivity index (χ1v) is 8.24. The number of halogens is 1. The van der Waals surface area contributed by atoms with Crippen molar-refractivity contribution in [3.63, 3.8) is 0 Å². The largest absolute Gasteiger partial charge is 0.491 e. The number of nitrogens with zero attached hydrogens (tertiary/aromatic N) is 1. The van der Waals surface area contributed by atoms with E-state index < -0.39 is 6.10 Å². The highest BCUT2D eigenvalue weighted by molar-refractivity contribution is 5.88. The maximum atomic E-state index is 13.7. The molecule has 2 aromatic carbocycles. The van der Waals surface area contributed by atoms with Crippen molar-refractivity contribution >= 4 is 17.3 Å². The molecule has 25 heavy (non-hydrogen) atoms. The second kappa shape index (κ2) is 7.53. The number of anilines is 2. The molecule has 132 valence electrons. The molecule has 1 heterocycles. The average Bonchev–Trinajstić information content (AvgIpc) is 2.98. The van der Waals surface area contributed by atoms with E-state index in [2.05, 4.69) is 5.32 Å². The first-order chi connectivity index (χ1) is 12.0. The molecule has 1 aliphatic rings. The topological polar surface area (TPSA) is 61.8 Å². The van der Waals surface area contributed by atoms with Crippen molar-refractivity contribution in [2.75, 3.05) is 29.9 Å². The Balaban J connectivity index is 1.51. The first kappa shape index (κ1) is 17.2. The lowest BCUT2D eigenvalue weighted by Gasteiger charge is -2.23. The highest BCUT2D eigenvalue weighted by atomic mass is 19.1. The average molecular weight is 344 g/mol. The minimum Gasteiger partial charge on any atom is -0.491 e. The Morgan fingerprint density at radius 1 is 1.32 bits per heavy atom. The molecule has 0 aromatic heterocycles. The fraction of sp³-hybridized carbons (Fsp3) is 0.316. The number of β-amino-alcohol motifs (C(OH)–C–C–N with tert-alkyl or cyclic N) is 1. The Labute approximate surface area is 146 Å². The molecule has 2 aromatic rings. The Bertz CT molecular complexity index is 749. The number of amides is 1. The molecule has 1 amide bonds. The van der Waals surface area contributed by atoms with E-state index >= 15 is 0 Å². The van der Waals surface area contributed by atoms with Gasteiger partial charge in [0, 0.05) is 37.0 Å². The lowest BCUT2D eigenvalue weighted by Crippen LogP contribution is -2.34. The van der Waals surface area contributed by atoms with Gasteiger partial charge in [0.05, 0.1) is 0 Å². The molecular weight excluding hydrogens is 323 g/mol. The van der Waals surface area contributed by atoms with E-state index in [9.17, 15) is 14.3 Å². The van der Waals surface area contributed by atoms with Crippen molar-refractivity contribution in [3.8, 4) is 5.75 Å². The van der Waals surface area contributed by atoms with Crippen molar-refractivity contribution < 1.29 is 19.0 Å². The van der Waals surface area contributed by atoms with Gasteiger partial charge in [-0.3, -0.25) is 4.79 Å². The zero-order valence-electron chi connectivity index (χ0n) is 14.0. The second-order valence-corrected chi connectivity index (χ2v) is 6.10. The zero-order valence-corrected chi connectivity index (χ0v) is 14.0. The number of carbonyl (C=O) groups excluding carboxylic acids is 1. The van der Waals surface area contributed by atoms with E-state index in [0.717, 1.165) is 5.69 Å². The van der Waals surface area contributed by atoms with Crippen LogP contribution in [0.2, 0.25) is 0 Å². The van der Waals surface area contributed by atoms with E-state index in [-0.39, 0.29) is 18.3 Å². The molecule has 0 spiro atoms. The van der Waals surface area contributed by atoms with Crippen LogP contribution in [0.3, 0.4) is 0 Å². The van der Waals surface area contributed by atoms with Gasteiger partial charge in [0.2, 0.25) is 5.91 Å². The number of hydrogen-bond donors (Lipinski definition) is 2. The van der Waals surface area contributed by atoms with Crippen molar-refractivity contribution in [1.82, 2.24) is 0 Å². The molecule has 1 aliphatic heterocycles. The van der Waals surface area contributed by atoms with Gasteiger partial charge in [0.25, 0.3) is 0 Å². The summed E-state index contributed by atoms with van der Waals surface area (Å²) in [4.78, 5) is 13.0. The van der Waals surface area contributed by atoms with Gasteiger partial charge in [0.15, 0.2) is 0 Å². The fourth-order valence-corrected chi connectivity index (χ4v) is 2.99. The number of hydrogen-bond acceptors (Lipinski definition) is 4. The summed E-state index contributed by atoms with van der Waals surface area (Å²) in [5, 5.41) is 12.9. The molecule has 1 unspecified atom stereocenters. The summed E-state index contributed by atoms with van der Waals surface area (Å²) in [6.07, 6.45) is -0.0375. The fourth-order valence-electron chi connectivity index (χ4n) is 2.99. The lowest BCUT2D eigenvalue weighted by atomic mass is 10.1. The summed E-state index contributed by atoms with van der Waals surface area (Å²) in [7, 11) is 0. The molecule has 0 saturated heterocycles. The van der Waals surface area contributed by atoms with Crippen LogP contribution in [-0.4, -0.2) is 36.8 Å². The van der Waals surface area contributed by atoms with Gasteiger partial charge in [0.1, 0.15) is 24.3 Å². The zero-order chi connectivity index (χ0) is 17.8. The van der Waals surface area contributed by atoms with Gasteiger partial charge in [-0.25, -0.2) is 4.39 Å². The van der Waals surface area contributed by atoms with Gasteiger partial charge < -0.3 is 20.1 Å². The van der Waals surface area contributed by atoms with Crippen molar-refractivity contribution in [1.29, 1.82) is 0 Å². The van der Waals surface area contributed by atoms with Crippen LogP contribution in [0.4, 0.5) is 15.8 Å². The summed E-state index contributed by atoms with van der Waals surface area (Å²) in [5.41, 5.74) is 2.25. The van der Waals surface area contributed by atoms with Gasteiger partial charge >= 0.3 is 0 Å². The van der Waals surface area contributed by atoms with E-state index in [1.54, 1.807) is 30.3 Å². The Morgan fingerprint density at radius 2 is 2.08 bits per heavy atom. The maximum absolute atomic E-state index is 13.7. The molecule has 0 fully saturated rings. The van der Waals surface area contributed by atoms with E-state index in [0.29, 0.717) is 36.5 Å². The van der Waals surface area contributed by atoms with Gasteiger partial charge in [-0.05, 0) is 42.8 Å². The molecule has 2 N–H and O–H groups in total. The summed E-state index contributed by atoms with van der Waals surface area (Å²) < 4.78 is 19.3. The second-order valence-electron chi connectivity index (χ2n) is 6.10. The highest BCUT2D eigenvalue weighted by Crippen LogP contribution is 2.29. The number of rotatable bonds is 6. The number of aliphatic hydroxyl groups is 1. The van der Waals surface area contributed by atoms with E-state index in [1.807, 2.05) is 11.0 Å². The normalized spacial score (nSPS) is 14.1. The maximum Gasteiger partial charge on any atom is 0.221 e. The molecule has 0 aliphatic carbocycles. The number of ether oxygens (including phenoxy) is 1. The molecule has 5 nitrogen and oxygen atoms in total. The predicted molar refractivity (Wildman–Crippen MR) is 94.6 cm³/mol. The Hall–Kier alpha value is -2.60. The van der Waals surface area contributed by atoms with Crippen LogP contribution in [-0.2, 0) is 11.2 Å². The number of carbonyl (C=O) groups is 1. The minimum atomic E-state index is -0.691. The quantitative estimate of drug-likeness (QED) is 0.846. The van der Waals surface area contributed by atoms with Crippen LogP contribution < -0.4 is 15.0 Å². The molecule has 0 bridgehead atoms. The monoisotopic (exact) mass is 344 g/mol. The standard InChI is InChI=1S/C19H21FN2O3/c1-13(23)21-14-5-7-16(8-6-14)25-12-15(24)11-22-10-9-17-18(20)3-2-4-19(17)22/h2-8,15,24H,9-12H2,1H3,(H,21,23).